The van der Waals surface area contributed by atoms with Crippen molar-refractivity contribution in [3.63, 3.8) is 0 Å². The molecular weight excluding hydrogens is 200 g/mol. The van der Waals surface area contributed by atoms with Gasteiger partial charge in [-0.2, -0.15) is 0 Å². The van der Waals surface area contributed by atoms with Crippen LogP contribution in [0.15, 0.2) is 12.7 Å². The van der Waals surface area contributed by atoms with Gasteiger partial charge in [-0.1, -0.05) is 6.08 Å². The van der Waals surface area contributed by atoms with Crippen LogP contribution < -0.4 is 5.32 Å². The summed E-state index contributed by atoms with van der Waals surface area (Å²) in [6.07, 6.45) is 1.76. The topological polar surface area (TPSA) is 32.3 Å². The second-order valence-corrected chi connectivity index (χ2v) is 6.07. The van der Waals surface area contributed by atoms with Crippen molar-refractivity contribution >= 4 is 5.91 Å². The van der Waals surface area contributed by atoms with Gasteiger partial charge in [-0.05, 0) is 41.5 Å². The van der Waals surface area contributed by atoms with E-state index in [0.717, 1.165) is 0 Å². The molecular formula is C13H26N2O. The van der Waals surface area contributed by atoms with E-state index in [9.17, 15) is 4.79 Å². The number of rotatable bonds is 4. The highest BCUT2D eigenvalue weighted by atomic mass is 16.2. The average Bonchev–Trinajstić information content (AvgIpc) is 2.07. The van der Waals surface area contributed by atoms with E-state index in [0.29, 0.717) is 13.1 Å². The highest BCUT2D eigenvalue weighted by Gasteiger charge is 2.25. The number of hydrogen-bond acceptors (Lipinski definition) is 2. The molecule has 0 aromatic heterocycles. The summed E-state index contributed by atoms with van der Waals surface area (Å²) in [6, 6.07) is 0. The van der Waals surface area contributed by atoms with E-state index in [1.807, 2.05) is 25.7 Å². The summed E-state index contributed by atoms with van der Waals surface area (Å²) < 4.78 is 0. The van der Waals surface area contributed by atoms with Crippen LogP contribution in [0.25, 0.3) is 0 Å². The van der Waals surface area contributed by atoms with Gasteiger partial charge in [0.1, 0.15) is 0 Å². The van der Waals surface area contributed by atoms with Gasteiger partial charge in [0.05, 0.1) is 6.54 Å². The third kappa shape index (κ3) is 5.91. The van der Waals surface area contributed by atoms with Crippen LogP contribution in [-0.2, 0) is 4.79 Å². The lowest BCUT2D eigenvalue weighted by molar-refractivity contribution is -0.134. The van der Waals surface area contributed by atoms with Gasteiger partial charge in [-0.25, -0.2) is 0 Å². The van der Waals surface area contributed by atoms with Crippen LogP contribution in [0.1, 0.15) is 41.5 Å². The van der Waals surface area contributed by atoms with Crippen molar-refractivity contribution in [3.8, 4) is 0 Å². The maximum atomic E-state index is 12.0. The molecule has 3 nitrogen and oxygen atoms in total. The molecule has 0 aliphatic carbocycles. The Morgan fingerprint density at radius 2 is 1.75 bits per heavy atom. The second-order valence-electron chi connectivity index (χ2n) is 6.07. The largest absolute Gasteiger partial charge is 0.333 e. The Kier molecular flexibility index (Phi) is 5.20. The van der Waals surface area contributed by atoms with Gasteiger partial charge in [-0.3, -0.25) is 4.79 Å². The molecule has 0 rings (SSSR count). The van der Waals surface area contributed by atoms with Crippen LogP contribution in [0.2, 0.25) is 0 Å². The van der Waals surface area contributed by atoms with Crippen molar-refractivity contribution in [1.29, 1.82) is 0 Å². The molecule has 0 spiro atoms. The van der Waals surface area contributed by atoms with Crippen molar-refractivity contribution in [3.05, 3.63) is 12.7 Å². The van der Waals surface area contributed by atoms with Gasteiger partial charge in [0.2, 0.25) is 5.91 Å². The zero-order chi connectivity index (χ0) is 13.0. The predicted molar refractivity (Wildman–Crippen MR) is 69.4 cm³/mol. The predicted octanol–water partition coefficient (Wildman–Crippen LogP) is 2.19. The normalized spacial score (nSPS) is 12.4. The molecule has 94 valence electrons. The third-order valence-electron chi connectivity index (χ3n) is 2.19. The van der Waals surface area contributed by atoms with E-state index in [4.69, 9.17) is 0 Å². The molecule has 0 aliphatic rings. The smallest absolute Gasteiger partial charge is 0.237 e. The molecule has 0 saturated carbocycles. The molecule has 0 heterocycles. The van der Waals surface area contributed by atoms with Crippen molar-refractivity contribution in [2.24, 2.45) is 0 Å². The molecule has 0 fully saturated rings. The summed E-state index contributed by atoms with van der Waals surface area (Å²) in [4.78, 5) is 13.9. The zero-order valence-corrected chi connectivity index (χ0v) is 11.6. The van der Waals surface area contributed by atoms with E-state index >= 15 is 0 Å². The first-order valence-corrected chi connectivity index (χ1v) is 5.74. The van der Waals surface area contributed by atoms with Gasteiger partial charge < -0.3 is 10.2 Å². The number of nitrogens with one attached hydrogen (secondary N) is 1. The molecule has 16 heavy (non-hydrogen) atoms. The van der Waals surface area contributed by atoms with Crippen molar-refractivity contribution in [2.75, 3.05) is 13.1 Å². The molecule has 1 N–H and O–H groups in total. The number of hydrogen-bond donors (Lipinski definition) is 1. The Morgan fingerprint density at radius 1 is 1.25 bits per heavy atom. The van der Waals surface area contributed by atoms with Crippen LogP contribution in [-0.4, -0.2) is 35.0 Å². The Bertz CT molecular complexity index is 246. The maximum absolute atomic E-state index is 12.0. The lowest BCUT2D eigenvalue weighted by atomic mass is 10.1. The molecule has 0 aliphatic heterocycles. The first-order valence-electron chi connectivity index (χ1n) is 5.74. The lowest BCUT2D eigenvalue weighted by Gasteiger charge is -2.36. The molecule has 0 atom stereocenters. The highest BCUT2D eigenvalue weighted by molar-refractivity contribution is 5.79. The molecule has 0 radical (unpaired) electrons. The Labute approximate surface area is 99.9 Å². The maximum Gasteiger partial charge on any atom is 0.237 e. The minimum atomic E-state index is -0.162. The Balaban J connectivity index is 4.46. The van der Waals surface area contributed by atoms with Gasteiger partial charge in [0.25, 0.3) is 0 Å². The second kappa shape index (κ2) is 5.48. The van der Waals surface area contributed by atoms with Gasteiger partial charge in [-0.15, -0.1) is 6.58 Å². The summed E-state index contributed by atoms with van der Waals surface area (Å²) in [6.45, 7) is 16.9. The van der Waals surface area contributed by atoms with E-state index in [2.05, 4.69) is 32.7 Å². The molecule has 3 heteroatoms. The lowest BCUT2D eigenvalue weighted by Crippen LogP contribution is -2.51. The number of nitrogens with zero attached hydrogens (tertiary/aromatic N) is 1. The zero-order valence-electron chi connectivity index (χ0n) is 11.6. The fourth-order valence-electron chi connectivity index (χ4n) is 1.32. The minimum Gasteiger partial charge on any atom is -0.333 e. The quantitative estimate of drug-likeness (QED) is 0.745. The summed E-state index contributed by atoms with van der Waals surface area (Å²) in [5.41, 5.74) is -0.196. The number of carbonyl (C=O) groups excluding carboxylic acids is 1. The van der Waals surface area contributed by atoms with Gasteiger partial charge in [0.15, 0.2) is 0 Å². The van der Waals surface area contributed by atoms with Crippen molar-refractivity contribution in [2.45, 2.75) is 52.6 Å². The average molecular weight is 226 g/mol. The molecule has 1 amide bonds. The van der Waals surface area contributed by atoms with Gasteiger partial charge in [0, 0.05) is 17.6 Å². The molecule has 0 bridgehead atoms. The van der Waals surface area contributed by atoms with E-state index in [1.54, 1.807) is 6.08 Å². The Hall–Kier alpha value is -0.830. The standard InChI is InChI=1S/C13H26N2O/c1-8-9-15(13(5,6)7)11(16)10-14-12(2,3)4/h8,14H,1,9-10H2,2-7H3. The molecule has 0 unspecified atom stereocenters. The summed E-state index contributed by atoms with van der Waals surface area (Å²) >= 11 is 0. The van der Waals surface area contributed by atoms with Crippen LogP contribution in [0.4, 0.5) is 0 Å². The minimum absolute atomic E-state index is 0.0343. The summed E-state index contributed by atoms with van der Waals surface area (Å²) in [7, 11) is 0. The first kappa shape index (κ1) is 15.2. The monoisotopic (exact) mass is 226 g/mol. The van der Waals surface area contributed by atoms with E-state index in [1.165, 1.54) is 0 Å². The van der Waals surface area contributed by atoms with Crippen LogP contribution >= 0.6 is 0 Å². The molecule has 0 aromatic carbocycles. The first-order chi connectivity index (χ1) is 7.08. The third-order valence-corrected chi connectivity index (χ3v) is 2.19. The fraction of sp³-hybridized carbons (Fsp3) is 0.769. The Morgan fingerprint density at radius 3 is 2.06 bits per heavy atom. The molecule has 0 aromatic rings. The van der Waals surface area contributed by atoms with Crippen LogP contribution in [0.3, 0.4) is 0 Å². The van der Waals surface area contributed by atoms with E-state index < -0.39 is 0 Å². The summed E-state index contributed by atoms with van der Waals surface area (Å²) in [5, 5.41) is 3.21. The van der Waals surface area contributed by atoms with Gasteiger partial charge >= 0.3 is 0 Å². The summed E-state index contributed by atoms with van der Waals surface area (Å²) in [5.74, 6) is 0.113. The molecule has 0 saturated heterocycles. The van der Waals surface area contributed by atoms with Crippen molar-refractivity contribution < 1.29 is 4.79 Å². The van der Waals surface area contributed by atoms with Crippen LogP contribution in [0, 0.1) is 0 Å². The van der Waals surface area contributed by atoms with Crippen LogP contribution in [0.5, 0.6) is 0 Å². The van der Waals surface area contributed by atoms with Crippen molar-refractivity contribution in [1.82, 2.24) is 10.2 Å². The number of carbonyl (C=O) groups is 1. The highest BCUT2D eigenvalue weighted by Crippen LogP contribution is 2.13. The fourth-order valence-corrected chi connectivity index (χ4v) is 1.32. The van der Waals surface area contributed by atoms with E-state index in [-0.39, 0.29) is 17.0 Å². The SMILES string of the molecule is C=CCN(C(=O)CNC(C)(C)C)C(C)(C)C. The number of amides is 1.